The predicted octanol–water partition coefficient (Wildman–Crippen LogP) is 6.13. The summed E-state index contributed by atoms with van der Waals surface area (Å²) in [5.74, 6) is 4.22. The maximum Gasteiger partial charge on any atom is 0.451 e. The number of carbonyl (C=O) groups excluding carboxylic acids is 1. The number of anilines is 1. The number of hydrogen-bond donors (Lipinski definition) is 1. The minimum Gasteiger partial charge on any atom is -0.321 e. The number of ketones is 1. The van der Waals surface area contributed by atoms with Crippen LogP contribution in [0.3, 0.4) is 0 Å². The molecule has 0 bridgehead atoms. The molecular formula is C23H34F3N3OS. The van der Waals surface area contributed by atoms with Gasteiger partial charge in [0.2, 0.25) is 5.84 Å². The van der Waals surface area contributed by atoms with E-state index in [0.717, 1.165) is 42.4 Å². The van der Waals surface area contributed by atoms with E-state index in [9.17, 15) is 18.0 Å². The van der Waals surface area contributed by atoms with E-state index in [1.165, 1.54) is 16.7 Å². The van der Waals surface area contributed by atoms with Gasteiger partial charge in [-0.15, -0.1) is 11.8 Å². The highest BCUT2D eigenvalue weighted by molar-refractivity contribution is 8.02. The van der Waals surface area contributed by atoms with E-state index >= 15 is 0 Å². The van der Waals surface area contributed by atoms with E-state index < -0.39 is 22.1 Å². The lowest BCUT2D eigenvalue weighted by molar-refractivity contribution is -0.120. The SMILES string of the molecule is CCCC(=O)C(C)(C)S[C@H](CC)N(/C(=N\N)C(F)(F)F)c1ccc(C)c2c1CCCC2. The second kappa shape index (κ2) is 10.3. The highest BCUT2D eigenvalue weighted by Crippen LogP contribution is 2.42. The third-order valence-corrected chi connectivity index (χ3v) is 7.46. The summed E-state index contributed by atoms with van der Waals surface area (Å²) < 4.78 is 41.3. The summed E-state index contributed by atoms with van der Waals surface area (Å²) >= 11 is 1.25. The smallest absolute Gasteiger partial charge is 0.321 e. The molecule has 0 spiro atoms. The topological polar surface area (TPSA) is 58.7 Å². The number of aryl methyl sites for hydroxylation is 1. The average molecular weight is 458 g/mol. The van der Waals surface area contributed by atoms with E-state index in [-0.39, 0.29) is 5.78 Å². The van der Waals surface area contributed by atoms with Crippen molar-refractivity contribution in [2.75, 3.05) is 4.90 Å². The summed E-state index contributed by atoms with van der Waals surface area (Å²) in [6, 6.07) is 3.63. The summed E-state index contributed by atoms with van der Waals surface area (Å²) in [6.45, 7) is 9.32. The Morgan fingerprint density at radius 3 is 2.32 bits per heavy atom. The van der Waals surface area contributed by atoms with E-state index in [1.807, 2.05) is 26.8 Å². The van der Waals surface area contributed by atoms with E-state index in [4.69, 9.17) is 5.84 Å². The molecule has 0 amide bonds. The van der Waals surface area contributed by atoms with Crippen molar-refractivity contribution >= 4 is 29.1 Å². The Balaban J connectivity index is 2.63. The standard InChI is InChI=1S/C23H34F3N3OS/c1-6-10-19(30)22(4,5)31-20(7-2)29(21(28-27)23(24,25)26)18-14-13-15(3)16-11-8-9-12-17(16)18/h13-14,20H,6-12,27H2,1-5H3/b28-21-/t20-/m1/s1. The lowest BCUT2D eigenvalue weighted by Gasteiger charge is -2.39. The molecule has 1 atom stereocenters. The summed E-state index contributed by atoms with van der Waals surface area (Å²) in [4.78, 5) is 13.9. The van der Waals surface area contributed by atoms with Crippen LogP contribution in [0.1, 0.15) is 76.5 Å². The fraction of sp³-hybridized carbons (Fsp3) is 0.652. The zero-order chi connectivity index (χ0) is 23.4. The molecule has 0 aliphatic heterocycles. The molecule has 0 saturated heterocycles. The maximum absolute atomic E-state index is 14.0. The molecule has 31 heavy (non-hydrogen) atoms. The molecule has 4 nitrogen and oxygen atoms in total. The molecule has 2 N–H and O–H groups in total. The summed E-state index contributed by atoms with van der Waals surface area (Å²) in [5, 5.41) is 2.56. The van der Waals surface area contributed by atoms with Gasteiger partial charge >= 0.3 is 6.18 Å². The maximum atomic E-state index is 14.0. The second-order valence-electron chi connectivity index (χ2n) is 8.55. The number of hydrogen-bond acceptors (Lipinski definition) is 4. The summed E-state index contributed by atoms with van der Waals surface area (Å²) in [6.07, 6.45) is 0.312. The summed E-state index contributed by atoms with van der Waals surface area (Å²) in [7, 11) is 0. The number of benzene rings is 1. The third kappa shape index (κ3) is 5.76. The molecular weight excluding hydrogens is 423 g/mol. The summed E-state index contributed by atoms with van der Waals surface area (Å²) in [5.41, 5.74) is 3.65. The Morgan fingerprint density at radius 2 is 1.81 bits per heavy atom. The highest BCUT2D eigenvalue weighted by Gasteiger charge is 2.45. The van der Waals surface area contributed by atoms with E-state index in [1.54, 1.807) is 19.9 Å². The van der Waals surface area contributed by atoms with Crippen LogP contribution in [-0.2, 0) is 17.6 Å². The van der Waals surface area contributed by atoms with Crippen molar-refractivity contribution in [2.24, 2.45) is 10.9 Å². The number of carbonyl (C=O) groups is 1. The van der Waals surface area contributed by atoms with Crippen molar-refractivity contribution < 1.29 is 18.0 Å². The number of amidine groups is 1. The fourth-order valence-corrected chi connectivity index (χ4v) is 5.58. The molecule has 1 aromatic carbocycles. The number of hydrazone groups is 1. The number of rotatable bonds is 8. The van der Waals surface area contributed by atoms with Crippen molar-refractivity contribution in [3.05, 3.63) is 28.8 Å². The highest BCUT2D eigenvalue weighted by atomic mass is 32.2. The van der Waals surface area contributed by atoms with Crippen LogP contribution in [0.15, 0.2) is 17.2 Å². The molecule has 1 aliphatic rings. The van der Waals surface area contributed by atoms with Gasteiger partial charge in [-0.2, -0.15) is 18.3 Å². The quantitative estimate of drug-likeness (QED) is 0.168. The second-order valence-corrected chi connectivity index (χ2v) is 10.4. The van der Waals surface area contributed by atoms with Crippen molar-refractivity contribution in [1.29, 1.82) is 0 Å². The molecule has 0 heterocycles. The first-order valence-electron chi connectivity index (χ1n) is 10.9. The van der Waals surface area contributed by atoms with Gasteiger partial charge in [0, 0.05) is 12.1 Å². The predicted molar refractivity (Wildman–Crippen MR) is 124 cm³/mol. The number of thioether (sulfide) groups is 1. The van der Waals surface area contributed by atoms with Gasteiger partial charge in [-0.25, -0.2) is 0 Å². The number of Topliss-reactive ketones (excluding diaryl/α,β-unsaturated/α-hetero) is 1. The van der Waals surface area contributed by atoms with Crippen LogP contribution in [0, 0.1) is 6.92 Å². The zero-order valence-corrected chi connectivity index (χ0v) is 19.9. The average Bonchev–Trinajstić information content (AvgIpc) is 2.70. The molecule has 1 aliphatic carbocycles. The normalized spacial score (nSPS) is 16.1. The lowest BCUT2D eigenvalue weighted by Crippen LogP contribution is -2.49. The van der Waals surface area contributed by atoms with Gasteiger partial charge in [0.25, 0.3) is 0 Å². The molecule has 0 saturated carbocycles. The van der Waals surface area contributed by atoms with Crippen LogP contribution in [0.2, 0.25) is 0 Å². The van der Waals surface area contributed by atoms with E-state index in [0.29, 0.717) is 24.9 Å². The molecule has 0 unspecified atom stereocenters. The van der Waals surface area contributed by atoms with Gasteiger partial charge in [0.05, 0.1) is 10.1 Å². The van der Waals surface area contributed by atoms with Crippen LogP contribution >= 0.6 is 11.8 Å². The monoisotopic (exact) mass is 457 g/mol. The molecule has 174 valence electrons. The largest absolute Gasteiger partial charge is 0.451 e. The van der Waals surface area contributed by atoms with Gasteiger partial charge < -0.3 is 10.7 Å². The first-order valence-corrected chi connectivity index (χ1v) is 11.8. The van der Waals surface area contributed by atoms with Gasteiger partial charge in [-0.1, -0.05) is 19.9 Å². The number of nitrogens with two attached hydrogens (primary N) is 1. The van der Waals surface area contributed by atoms with Crippen LogP contribution in [0.4, 0.5) is 18.9 Å². The minimum absolute atomic E-state index is 0.0302. The Bertz CT molecular complexity index is 821. The van der Waals surface area contributed by atoms with Crippen molar-refractivity contribution in [3.63, 3.8) is 0 Å². The molecule has 8 heteroatoms. The minimum atomic E-state index is -4.72. The number of fused-ring (bicyclic) bond motifs is 1. The fourth-order valence-electron chi connectivity index (χ4n) is 4.18. The van der Waals surface area contributed by atoms with Crippen LogP contribution in [0.5, 0.6) is 0 Å². The van der Waals surface area contributed by atoms with Crippen molar-refractivity contribution in [2.45, 2.75) is 95.9 Å². The van der Waals surface area contributed by atoms with Crippen molar-refractivity contribution in [3.8, 4) is 0 Å². The number of alkyl halides is 3. The Labute approximate surface area is 187 Å². The first kappa shape index (κ1) is 25.6. The molecule has 2 rings (SSSR count). The van der Waals surface area contributed by atoms with E-state index in [2.05, 4.69) is 5.10 Å². The van der Waals surface area contributed by atoms with Crippen LogP contribution in [0.25, 0.3) is 0 Å². The Morgan fingerprint density at radius 1 is 1.19 bits per heavy atom. The van der Waals surface area contributed by atoms with Gasteiger partial charge in [-0.05, 0) is 82.1 Å². The van der Waals surface area contributed by atoms with Gasteiger partial charge in [0.1, 0.15) is 5.78 Å². The molecule has 0 radical (unpaired) electrons. The molecule has 0 fully saturated rings. The Kier molecular flexibility index (Phi) is 8.47. The Hall–Kier alpha value is -1.70. The number of nitrogens with zero attached hydrogens (tertiary/aromatic N) is 2. The van der Waals surface area contributed by atoms with Crippen LogP contribution in [-0.4, -0.2) is 27.9 Å². The van der Waals surface area contributed by atoms with Gasteiger partial charge in [-0.3, -0.25) is 4.79 Å². The lowest BCUT2D eigenvalue weighted by atomic mass is 9.87. The third-order valence-electron chi connectivity index (χ3n) is 5.82. The number of halogens is 3. The molecule has 0 aromatic heterocycles. The van der Waals surface area contributed by atoms with Crippen molar-refractivity contribution in [1.82, 2.24) is 0 Å². The first-order chi connectivity index (χ1) is 14.5. The van der Waals surface area contributed by atoms with Gasteiger partial charge in [0.15, 0.2) is 0 Å². The molecule has 1 aromatic rings. The van der Waals surface area contributed by atoms with Crippen LogP contribution < -0.4 is 10.7 Å². The zero-order valence-electron chi connectivity index (χ0n) is 19.1.